The number of nitrogens with zero attached hydrogens (tertiary/aromatic N) is 2. The number of rotatable bonds is 4. The standard InChI is InChI=1S/C16H19BrN2/c17-12-16(8-4-5-9-16)13-19-11-15(10-18-19)14-6-2-1-3-7-14/h1-3,6-7,10-11H,4-5,8-9,12-13H2. The van der Waals surface area contributed by atoms with Crippen LogP contribution in [0.4, 0.5) is 0 Å². The molecule has 0 aliphatic heterocycles. The number of alkyl halides is 1. The molecule has 0 atom stereocenters. The third-order valence-corrected chi connectivity index (χ3v) is 5.37. The lowest BCUT2D eigenvalue weighted by atomic mass is 9.89. The molecule has 0 N–H and O–H groups in total. The minimum absolute atomic E-state index is 0.417. The van der Waals surface area contributed by atoms with E-state index in [2.05, 4.69) is 56.2 Å². The Labute approximate surface area is 123 Å². The Bertz CT molecular complexity index is 527. The van der Waals surface area contributed by atoms with Crippen molar-refractivity contribution in [3.63, 3.8) is 0 Å². The maximum Gasteiger partial charge on any atom is 0.0568 e. The van der Waals surface area contributed by atoms with Crippen molar-refractivity contribution in [1.29, 1.82) is 0 Å². The summed E-state index contributed by atoms with van der Waals surface area (Å²) in [7, 11) is 0. The molecule has 2 nitrogen and oxygen atoms in total. The van der Waals surface area contributed by atoms with E-state index in [1.54, 1.807) is 0 Å². The first-order chi connectivity index (χ1) is 9.31. The Morgan fingerprint density at radius 1 is 1.11 bits per heavy atom. The summed E-state index contributed by atoms with van der Waals surface area (Å²) in [5, 5.41) is 5.63. The Balaban J connectivity index is 1.78. The minimum atomic E-state index is 0.417. The summed E-state index contributed by atoms with van der Waals surface area (Å²) in [4.78, 5) is 0. The fraction of sp³-hybridized carbons (Fsp3) is 0.438. The highest BCUT2D eigenvalue weighted by molar-refractivity contribution is 9.09. The summed E-state index contributed by atoms with van der Waals surface area (Å²) < 4.78 is 2.12. The zero-order chi connectivity index (χ0) is 13.1. The van der Waals surface area contributed by atoms with Crippen LogP contribution >= 0.6 is 15.9 Å². The first kappa shape index (κ1) is 12.9. The Kier molecular flexibility index (Phi) is 3.74. The van der Waals surface area contributed by atoms with Gasteiger partial charge in [0.2, 0.25) is 0 Å². The summed E-state index contributed by atoms with van der Waals surface area (Å²) >= 11 is 3.70. The van der Waals surface area contributed by atoms with Gasteiger partial charge in [-0.15, -0.1) is 0 Å². The highest BCUT2D eigenvalue weighted by atomic mass is 79.9. The molecule has 3 rings (SSSR count). The van der Waals surface area contributed by atoms with Crippen LogP contribution in [0.25, 0.3) is 11.1 Å². The van der Waals surface area contributed by atoms with Crippen molar-refractivity contribution in [3.8, 4) is 11.1 Å². The van der Waals surface area contributed by atoms with E-state index in [0.29, 0.717) is 5.41 Å². The van der Waals surface area contributed by atoms with E-state index in [-0.39, 0.29) is 0 Å². The number of aromatic nitrogens is 2. The maximum absolute atomic E-state index is 4.54. The molecule has 1 aromatic heterocycles. The molecular formula is C16H19BrN2. The monoisotopic (exact) mass is 318 g/mol. The smallest absolute Gasteiger partial charge is 0.0568 e. The van der Waals surface area contributed by atoms with E-state index >= 15 is 0 Å². The van der Waals surface area contributed by atoms with Crippen molar-refractivity contribution >= 4 is 15.9 Å². The molecule has 3 heteroatoms. The van der Waals surface area contributed by atoms with Crippen molar-refractivity contribution in [3.05, 3.63) is 42.7 Å². The van der Waals surface area contributed by atoms with Crippen LogP contribution in [0.3, 0.4) is 0 Å². The molecule has 1 heterocycles. The van der Waals surface area contributed by atoms with Crippen LogP contribution in [0.1, 0.15) is 25.7 Å². The predicted octanol–water partition coefficient (Wildman–Crippen LogP) is 4.51. The lowest BCUT2D eigenvalue weighted by molar-refractivity contribution is 0.278. The quantitative estimate of drug-likeness (QED) is 0.759. The molecule has 1 fully saturated rings. The van der Waals surface area contributed by atoms with E-state index in [0.717, 1.165) is 11.9 Å². The van der Waals surface area contributed by atoms with Gasteiger partial charge in [-0.25, -0.2) is 0 Å². The Morgan fingerprint density at radius 2 is 1.84 bits per heavy atom. The van der Waals surface area contributed by atoms with Crippen molar-refractivity contribution in [2.45, 2.75) is 32.2 Å². The number of hydrogen-bond donors (Lipinski definition) is 0. The van der Waals surface area contributed by atoms with Crippen molar-refractivity contribution in [1.82, 2.24) is 9.78 Å². The molecule has 2 aromatic rings. The van der Waals surface area contributed by atoms with Gasteiger partial charge in [0.05, 0.1) is 6.20 Å². The van der Waals surface area contributed by atoms with Gasteiger partial charge >= 0.3 is 0 Å². The van der Waals surface area contributed by atoms with Crippen LogP contribution in [0.15, 0.2) is 42.7 Å². The molecule has 1 aromatic carbocycles. The van der Waals surface area contributed by atoms with Gasteiger partial charge in [-0.3, -0.25) is 4.68 Å². The Morgan fingerprint density at radius 3 is 2.53 bits per heavy atom. The van der Waals surface area contributed by atoms with Gasteiger partial charge in [-0.05, 0) is 23.8 Å². The molecule has 100 valence electrons. The van der Waals surface area contributed by atoms with Crippen LogP contribution in [-0.4, -0.2) is 15.1 Å². The number of halogens is 1. The third kappa shape index (κ3) is 2.76. The average Bonchev–Trinajstić information content (AvgIpc) is 3.10. The zero-order valence-electron chi connectivity index (χ0n) is 11.1. The van der Waals surface area contributed by atoms with Gasteiger partial charge in [0.25, 0.3) is 0 Å². The summed E-state index contributed by atoms with van der Waals surface area (Å²) in [6.07, 6.45) is 9.51. The lowest BCUT2D eigenvalue weighted by Gasteiger charge is -2.26. The third-order valence-electron chi connectivity index (χ3n) is 4.19. The van der Waals surface area contributed by atoms with E-state index in [9.17, 15) is 0 Å². The van der Waals surface area contributed by atoms with Gasteiger partial charge in [0.1, 0.15) is 0 Å². The SMILES string of the molecule is BrCC1(Cn2cc(-c3ccccc3)cn2)CCCC1. The maximum atomic E-state index is 4.54. The van der Waals surface area contributed by atoms with E-state index in [4.69, 9.17) is 0 Å². The molecule has 1 aliphatic carbocycles. The molecular weight excluding hydrogens is 300 g/mol. The highest BCUT2D eigenvalue weighted by Crippen LogP contribution is 2.41. The fourth-order valence-electron chi connectivity index (χ4n) is 3.03. The van der Waals surface area contributed by atoms with E-state index < -0.39 is 0 Å². The highest BCUT2D eigenvalue weighted by Gasteiger charge is 2.33. The molecule has 0 bridgehead atoms. The lowest BCUT2D eigenvalue weighted by Crippen LogP contribution is -2.25. The number of benzene rings is 1. The summed E-state index contributed by atoms with van der Waals surface area (Å²) in [5.74, 6) is 0. The normalized spacial score (nSPS) is 17.7. The molecule has 0 unspecified atom stereocenters. The second-order valence-corrected chi connectivity index (χ2v) is 6.19. The average molecular weight is 319 g/mol. The first-order valence-corrected chi connectivity index (χ1v) is 8.07. The molecule has 0 radical (unpaired) electrons. The van der Waals surface area contributed by atoms with Crippen molar-refractivity contribution in [2.75, 3.05) is 5.33 Å². The summed E-state index contributed by atoms with van der Waals surface area (Å²) in [6.45, 7) is 1.03. The van der Waals surface area contributed by atoms with E-state index in [1.807, 2.05) is 12.3 Å². The van der Waals surface area contributed by atoms with Crippen LogP contribution in [0, 0.1) is 5.41 Å². The second kappa shape index (κ2) is 5.49. The van der Waals surface area contributed by atoms with Gasteiger partial charge in [0.15, 0.2) is 0 Å². The van der Waals surface area contributed by atoms with Crippen molar-refractivity contribution < 1.29 is 0 Å². The molecule has 19 heavy (non-hydrogen) atoms. The summed E-state index contributed by atoms with van der Waals surface area (Å²) in [6, 6.07) is 10.5. The van der Waals surface area contributed by atoms with Gasteiger partial charge in [-0.2, -0.15) is 5.10 Å². The van der Waals surface area contributed by atoms with Crippen LogP contribution < -0.4 is 0 Å². The van der Waals surface area contributed by atoms with Gasteiger partial charge < -0.3 is 0 Å². The van der Waals surface area contributed by atoms with Crippen LogP contribution in [0.2, 0.25) is 0 Å². The van der Waals surface area contributed by atoms with Crippen LogP contribution in [-0.2, 0) is 6.54 Å². The Hall–Kier alpha value is -1.09. The predicted molar refractivity (Wildman–Crippen MR) is 82.4 cm³/mol. The molecule has 1 saturated carbocycles. The zero-order valence-corrected chi connectivity index (χ0v) is 12.6. The van der Waals surface area contributed by atoms with Gasteiger partial charge in [-0.1, -0.05) is 59.1 Å². The second-order valence-electron chi connectivity index (χ2n) is 5.63. The van der Waals surface area contributed by atoms with Crippen molar-refractivity contribution in [2.24, 2.45) is 5.41 Å². The topological polar surface area (TPSA) is 17.8 Å². The minimum Gasteiger partial charge on any atom is -0.272 e. The largest absolute Gasteiger partial charge is 0.272 e. The van der Waals surface area contributed by atoms with Crippen LogP contribution in [0.5, 0.6) is 0 Å². The molecule has 1 aliphatic rings. The molecule has 0 saturated heterocycles. The fourth-order valence-corrected chi connectivity index (χ4v) is 3.77. The first-order valence-electron chi connectivity index (χ1n) is 6.95. The number of hydrogen-bond acceptors (Lipinski definition) is 1. The molecule has 0 spiro atoms. The van der Waals surface area contributed by atoms with Gasteiger partial charge in [0, 0.05) is 23.6 Å². The molecule has 0 amide bonds. The summed E-state index contributed by atoms with van der Waals surface area (Å²) in [5.41, 5.74) is 2.87. The van der Waals surface area contributed by atoms with E-state index in [1.165, 1.54) is 36.8 Å².